The summed E-state index contributed by atoms with van der Waals surface area (Å²) in [6.07, 6.45) is 2.85. The van der Waals surface area contributed by atoms with Crippen molar-refractivity contribution in [3.63, 3.8) is 0 Å². The van der Waals surface area contributed by atoms with Crippen molar-refractivity contribution < 1.29 is 14.4 Å². The molecular weight excluding hydrogens is 342 g/mol. The molecule has 0 atom stereocenters. The molecule has 27 heavy (non-hydrogen) atoms. The molecule has 0 aromatic heterocycles. The van der Waals surface area contributed by atoms with Gasteiger partial charge < -0.3 is 15.5 Å². The average molecular weight is 371 g/mol. The van der Waals surface area contributed by atoms with Gasteiger partial charge in [-0.2, -0.15) is 0 Å². The summed E-state index contributed by atoms with van der Waals surface area (Å²) in [5.74, 6) is -0.415. The smallest absolute Gasteiger partial charge is 0.253 e. The summed E-state index contributed by atoms with van der Waals surface area (Å²) in [5.41, 5.74) is 0.512. The fourth-order valence-corrected chi connectivity index (χ4v) is 3.10. The van der Waals surface area contributed by atoms with Crippen LogP contribution in [0.15, 0.2) is 36.9 Å². The first-order valence-corrected chi connectivity index (χ1v) is 9.32. The molecule has 0 saturated carbocycles. The van der Waals surface area contributed by atoms with Crippen LogP contribution in [0.5, 0.6) is 0 Å². The maximum Gasteiger partial charge on any atom is 0.253 e. The molecule has 1 aliphatic rings. The Morgan fingerprint density at radius 3 is 2.41 bits per heavy atom. The molecule has 2 rings (SSSR count). The standard InChI is InChI=1S/C21H29N3O3/c1-5-12-22-19(26)16-8-6-7-9-17(16)23-18(25)15-10-13-24(14-11-15)20(27)21(2,3)4/h5-9,15H,1,10-14H2,2-4H3,(H,22,26)(H,23,25). The van der Waals surface area contributed by atoms with Crippen molar-refractivity contribution in [1.82, 2.24) is 10.2 Å². The fourth-order valence-electron chi connectivity index (χ4n) is 3.10. The summed E-state index contributed by atoms with van der Waals surface area (Å²) in [7, 11) is 0. The van der Waals surface area contributed by atoms with Gasteiger partial charge in [-0.3, -0.25) is 14.4 Å². The third-order valence-corrected chi connectivity index (χ3v) is 4.63. The number of hydrogen-bond donors (Lipinski definition) is 2. The Morgan fingerprint density at radius 2 is 1.81 bits per heavy atom. The van der Waals surface area contributed by atoms with E-state index in [1.54, 1.807) is 30.3 Å². The highest BCUT2D eigenvalue weighted by molar-refractivity contribution is 6.04. The Labute approximate surface area is 161 Å². The molecule has 1 fully saturated rings. The van der Waals surface area contributed by atoms with E-state index in [1.165, 1.54) is 0 Å². The number of nitrogens with one attached hydrogen (secondary N) is 2. The van der Waals surface area contributed by atoms with Crippen LogP contribution >= 0.6 is 0 Å². The summed E-state index contributed by atoms with van der Waals surface area (Å²) in [6.45, 7) is 10.8. The minimum atomic E-state index is -0.410. The molecule has 1 aromatic rings. The molecule has 1 heterocycles. The first kappa shape index (κ1) is 20.7. The number of nitrogens with zero attached hydrogens (tertiary/aromatic N) is 1. The first-order chi connectivity index (χ1) is 12.7. The molecule has 6 nitrogen and oxygen atoms in total. The van der Waals surface area contributed by atoms with Gasteiger partial charge in [-0.05, 0) is 25.0 Å². The molecule has 146 valence electrons. The molecular formula is C21H29N3O3. The number of likely N-dealkylation sites (tertiary alicyclic amines) is 1. The van der Waals surface area contributed by atoms with Crippen molar-refractivity contribution in [2.45, 2.75) is 33.6 Å². The lowest BCUT2D eigenvalue weighted by molar-refractivity contribution is -0.142. The van der Waals surface area contributed by atoms with Crippen molar-refractivity contribution in [2.24, 2.45) is 11.3 Å². The molecule has 0 radical (unpaired) electrons. The highest BCUT2D eigenvalue weighted by Gasteiger charge is 2.32. The predicted molar refractivity (Wildman–Crippen MR) is 106 cm³/mol. The van der Waals surface area contributed by atoms with Crippen LogP contribution in [0.4, 0.5) is 5.69 Å². The monoisotopic (exact) mass is 371 g/mol. The zero-order chi connectivity index (χ0) is 20.0. The molecule has 2 N–H and O–H groups in total. The third kappa shape index (κ3) is 5.42. The van der Waals surface area contributed by atoms with E-state index in [9.17, 15) is 14.4 Å². The van der Waals surface area contributed by atoms with E-state index in [-0.39, 0.29) is 23.6 Å². The summed E-state index contributed by atoms with van der Waals surface area (Å²) < 4.78 is 0. The van der Waals surface area contributed by atoms with Crippen molar-refractivity contribution in [2.75, 3.05) is 25.0 Å². The molecule has 0 bridgehead atoms. The van der Waals surface area contributed by atoms with Gasteiger partial charge in [0.25, 0.3) is 5.91 Å². The lowest BCUT2D eigenvalue weighted by atomic mass is 9.90. The van der Waals surface area contributed by atoms with Gasteiger partial charge in [0.2, 0.25) is 11.8 Å². The Bertz CT molecular complexity index is 714. The van der Waals surface area contributed by atoms with E-state index < -0.39 is 5.41 Å². The number of amides is 3. The Hall–Kier alpha value is -2.63. The minimum absolute atomic E-state index is 0.109. The summed E-state index contributed by atoms with van der Waals surface area (Å²) in [5, 5.41) is 5.60. The number of carbonyl (C=O) groups excluding carboxylic acids is 3. The number of benzene rings is 1. The normalized spacial score (nSPS) is 15.1. The van der Waals surface area contributed by atoms with Crippen LogP contribution in [0.1, 0.15) is 44.0 Å². The van der Waals surface area contributed by atoms with Gasteiger partial charge in [-0.15, -0.1) is 6.58 Å². The quantitative estimate of drug-likeness (QED) is 0.781. The third-order valence-electron chi connectivity index (χ3n) is 4.63. The van der Waals surface area contributed by atoms with Crippen molar-refractivity contribution in [3.05, 3.63) is 42.5 Å². The fraction of sp³-hybridized carbons (Fsp3) is 0.476. The number of hydrogen-bond acceptors (Lipinski definition) is 3. The van der Waals surface area contributed by atoms with E-state index in [0.717, 1.165) is 0 Å². The number of carbonyl (C=O) groups is 3. The van der Waals surface area contributed by atoms with Crippen LogP contribution < -0.4 is 10.6 Å². The Balaban J connectivity index is 1.98. The van der Waals surface area contributed by atoms with Crippen molar-refractivity contribution in [1.29, 1.82) is 0 Å². The van der Waals surface area contributed by atoms with E-state index >= 15 is 0 Å². The van der Waals surface area contributed by atoms with E-state index in [1.807, 2.05) is 25.7 Å². The molecule has 0 unspecified atom stereocenters. The van der Waals surface area contributed by atoms with Gasteiger partial charge >= 0.3 is 0 Å². The number of para-hydroxylation sites is 1. The largest absolute Gasteiger partial charge is 0.349 e. The zero-order valence-corrected chi connectivity index (χ0v) is 16.4. The van der Waals surface area contributed by atoms with Crippen LogP contribution in [-0.4, -0.2) is 42.3 Å². The lowest BCUT2D eigenvalue weighted by Gasteiger charge is -2.35. The Morgan fingerprint density at radius 1 is 1.19 bits per heavy atom. The van der Waals surface area contributed by atoms with Crippen LogP contribution in [0.2, 0.25) is 0 Å². The zero-order valence-electron chi connectivity index (χ0n) is 16.4. The average Bonchev–Trinajstić information content (AvgIpc) is 2.65. The maximum atomic E-state index is 12.7. The first-order valence-electron chi connectivity index (χ1n) is 9.32. The topological polar surface area (TPSA) is 78.5 Å². The molecule has 1 saturated heterocycles. The van der Waals surface area contributed by atoms with E-state index in [2.05, 4.69) is 17.2 Å². The second-order valence-corrected chi connectivity index (χ2v) is 7.85. The van der Waals surface area contributed by atoms with Crippen LogP contribution in [-0.2, 0) is 9.59 Å². The second kappa shape index (κ2) is 8.84. The van der Waals surface area contributed by atoms with Gasteiger partial charge in [-0.1, -0.05) is 39.0 Å². The molecule has 0 aliphatic carbocycles. The summed E-state index contributed by atoms with van der Waals surface area (Å²) in [4.78, 5) is 39.1. The van der Waals surface area contributed by atoms with Crippen molar-refractivity contribution >= 4 is 23.4 Å². The van der Waals surface area contributed by atoms with Gasteiger partial charge in [0, 0.05) is 31.0 Å². The van der Waals surface area contributed by atoms with Gasteiger partial charge in [0.15, 0.2) is 0 Å². The summed E-state index contributed by atoms with van der Waals surface area (Å²) in [6, 6.07) is 6.94. The minimum Gasteiger partial charge on any atom is -0.349 e. The molecule has 3 amide bonds. The number of anilines is 1. The highest BCUT2D eigenvalue weighted by atomic mass is 16.2. The molecule has 6 heteroatoms. The lowest BCUT2D eigenvalue weighted by Crippen LogP contribution is -2.45. The van der Waals surface area contributed by atoms with E-state index in [4.69, 9.17) is 0 Å². The molecule has 0 spiro atoms. The van der Waals surface area contributed by atoms with Gasteiger partial charge in [0.05, 0.1) is 11.3 Å². The molecule has 1 aliphatic heterocycles. The SMILES string of the molecule is C=CCNC(=O)c1ccccc1NC(=O)C1CCN(C(=O)C(C)(C)C)CC1. The highest BCUT2D eigenvalue weighted by Crippen LogP contribution is 2.25. The van der Waals surface area contributed by atoms with Crippen LogP contribution in [0.25, 0.3) is 0 Å². The van der Waals surface area contributed by atoms with Gasteiger partial charge in [-0.25, -0.2) is 0 Å². The maximum absolute atomic E-state index is 12.7. The number of rotatable bonds is 5. The second-order valence-electron chi connectivity index (χ2n) is 7.85. The molecule has 1 aromatic carbocycles. The van der Waals surface area contributed by atoms with E-state index in [0.29, 0.717) is 43.7 Å². The van der Waals surface area contributed by atoms with Crippen LogP contribution in [0, 0.1) is 11.3 Å². The van der Waals surface area contributed by atoms with Crippen LogP contribution in [0.3, 0.4) is 0 Å². The number of piperidine rings is 1. The predicted octanol–water partition coefficient (Wildman–Crippen LogP) is 2.83. The van der Waals surface area contributed by atoms with Gasteiger partial charge in [0.1, 0.15) is 0 Å². The van der Waals surface area contributed by atoms with Crippen molar-refractivity contribution in [3.8, 4) is 0 Å². The summed E-state index contributed by atoms with van der Waals surface area (Å²) >= 11 is 0. The Kier molecular flexibility index (Phi) is 6.77.